The molecular weight excluding hydrogens is 634 g/mol. The molecule has 6 N–H and O–H groups in total. The number of carbonyl (C=O) groups excluding carboxylic acids is 4. The molecule has 46 heavy (non-hydrogen) atoms. The zero-order valence-corrected chi connectivity index (χ0v) is 26.5. The van der Waals surface area contributed by atoms with Crippen LogP contribution >= 0.6 is 0 Å². The molecule has 1 aromatic heterocycles. The standard InChI is InChI=1S/C26H43N7O12S/c1-2-5-20(26(40)41)28-23(36)10-9-18(25(38)39)16-19(34)17-45-14-13-44-12-11-27-22(35)8-4-15-46(42,43)31-24(37)7-3-6-21-29-32-33-30-21/h18,20H,2-17H2,1H3,(H,27,35)(H,28,36)(H,31,37)(H,38,39)(H,40,41)(H,29,30,32,33). The number of aromatic amines is 1. The number of sulfonamides is 1. The number of aryl methyl sites for hydroxylation is 1. The van der Waals surface area contributed by atoms with Crippen LogP contribution in [0.15, 0.2) is 0 Å². The fourth-order valence-corrected chi connectivity index (χ4v) is 4.99. The van der Waals surface area contributed by atoms with Gasteiger partial charge in [0.1, 0.15) is 12.6 Å². The number of ketones is 1. The van der Waals surface area contributed by atoms with Crippen molar-refractivity contribution in [3.63, 3.8) is 0 Å². The van der Waals surface area contributed by atoms with Crippen LogP contribution in [0.5, 0.6) is 0 Å². The van der Waals surface area contributed by atoms with E-state index in [1.807, 2.05) is 4.72 Å². The average molecular weight is 678 g/mol. The number of hydrogen-bond donors (Lipinski definition) is 6. The summed E-state index contributed by atoms with van der Waals surface area (Å²) in [5, 5.41) is 36.5. The molecule has 3 amide bonds. The molecule has 0 saturated heterocycles. The summed E-state index contributed by atoms with van der Waals surface area (Å²) in [5.41, 5.74) is 0. The summed E-state index contributed by atoms with van der Waals surface area (Å²) in [6.45, 7) is 1.77. The van der Waals surface area contributed by atoms with E-state index in [9.17, 15) is 42.3 Å². The van der Waals surface area contributed by atoms with Crippen LogP contribution in [0.1, 0.15) is 70.5 Å². The first-order valence-electron chi connectivity index (χ1n) is 14.8. The normalized spacial score (nSPS) is 12.5. The van der Waals surface area contributed by atoms with Gasteiger partial charge in [-0.2, -0.15) is 5.21 Å². The van der Waals surface area contributed by atoms with Gasteiger partial charge >= 0.3 is 11.9 Å². The van der Waals surface area contributed by atoms with Gasteiger partial charge in [-0.15, -0.1) is 10.2 Å². The number of amides is 3. The van der Waals surface area contributed by atoms with Crippen LogP contribution in [0.2, 0.25) is 0 Å². The lowest BCUT2D eigenvalue weighted by atomic mass is 9.97. The second-order valence-corrected chi connectivity index (χ2v) is 12.0. The highest BCUT2D eigenvalue weighted by molar-refractivity contribution is 7.90. The van der Waals surface area contributed by atoms with Crippen LogP contribution in [0.25, 0.3) is 0 Å². The van der Waals surface area contributed by atoms with E-state index in [0.717, 1.165) is 0 Å². The summed E-state index contributed by atoms with van der Waals surface area (Å²) in [5.74, 6) is -5.72. The number of tetrazole rings is 1. The molecule has 0 spiro atoms. The van der Waals surface area contributed by atoms with Crippen molar-refractivity contribution in [1.29, 1.82) is 0 Å². The predicted octanol–water partition coefficient (Wildman–Crippen LogP) is -1.29. The molecule has 260 valence electrons. The van der Waals surface area contributed by atoms with Crippen LogP contribution in [0, 0.1) is 5.92 Å². The molecular formula is C26H43N7O12S. The minimum atomic E-state index is -3.89. The number of carboxylic acids is 2. The fraction of sp³-hybridized carbons (Fsp3) is 0.731. The van der Waals surface area contributed by atoms with Crippen molar-refractivity contribution in [2.75, 3.05) is 38.7 Å². The number of hydrogen-bond acceptors (Lipinski definition) is 13. The Labute approximate surface area is 266 Å². The lowest BCUT2D eigenvalue weighted by molar-refractivity contribution is -0.145. The molecule has 0 aliphatic carbocycles. The first kappa shape index (κ1) is 40.0. The Kier molecular flexibility index (Phi) is 19.5. The second kappa shape index (κ2) is 22.5. The average Bonchev–Trinajstić information content (AvgIpc) is 3.49. The highest BCUT2D eigenvalue weighted by Gasteiger charge is 2.24. The number of H-pyrrole nitrogens is 1. The summed E-state index contributed by atoms with van der Waals surface area (Å²) in [4.78, 5) is 70.5. The molecule has 0 aliphatic heterocycles. The van der Waals surface area contributed by atoms with Gasteiger partial charge in [0.2, 0.25) is 27.7 Å². The third-order valence-electron chi connectivity index (χ3n) is 6.24. The minimum Gasteiger partial charge on any atom is -0.481 e. The number of ether oxygens (including phenoxy) is 2. The Morgan fingerprint density at radius 3 is 2.26 bits per heavy atom. The zero-order valence-electron chi connectivity index (χ0n) is 25.7. The number of Topliss-reactive ketones (excluding diaryl/α,β-unsaturated/α-hetero) is 1. The zero-order chi connectivity index (χ0) is 34.4. The fourth-order valence-electron chi connectivity index (χ4n) is 3.92. The first-order valence-corrected chi connectivity index (χ1v) is 16.4. The van der Waals surface area contributed by atoms with Gasteiger partial charge in [0.15, 0.2) is 11.6 Å². The largest absolute Gasteiger partial charge is 0.481 e. The Morgan fingerprint density at radius 2 is 1.61 bits per heavy atom. The molecule has 0 bridgehead atoms. The molecule has 0 aliphatic rings. The van der Waals surface area contributed by atoms with Crippen molar-refractivity contribution in [2.24, 2.45) is 5.92 Å². The molecule has 0 radical (unpaired) electrons. The molecule has 1 rings (SSSR count). The summed E-state index contributed by atoms with van der Waals surface area (Å²) in [6.07, 6.45) is 0.610. The van der Waals surface area contributed by atoms with Gasteiger partial charge in [0.25, 0.3) is 0 Å². The maximum absolute atomic E-state index is 12.1. The number of nitrogens with one attached hydrogen (secondary N) is 4. The summed E-state index contributed by atoms with van der Waals surface area (Å²) in [7, 11) is -3.89. The number of aromatic nitrogens is 4. The maximum Gasteiger partial charge on any atom is 0.326 e. The van der Waals surface area contributed by atoms with Gasteiger partial charge in [0.05, 0.1) is 31.5 Å². The molecule has 0 saturated carbocycles. The number of carboxylic acid groups (broad SMARTS) is 2. The third-order valence-corrected chi connectivity index (χ3v) is 7.60. The number of carbonyl (C=O) groups is 6. The Hall–Kier alpha value is -4.04. The van der Waals surface area contributed by atoms with E-state index >= 15 is 0 Å². The molecule has 0 aromatic carbocycles. The van der Waals surface area contributed by atoms with Crippen LogP contribution in [-0.2, 0) is 54.7 Å². The lowest BCUT2D eigenvalue weighted by Gasteiger charge is -2.15. The molecule has 2 atom stereocenters. The van der Waals surface area contributed by atoms with Crippen molar-refractivity contribution >= 4 is 45.5 Å². The van der Waals surface area contributed by atoms with Crippen molar-refractivity contribution < 1.29 is 56.9 Å². The van der Waals surface area contributed by atoms with Crippen LogP contribution in [0.4, 0.5) is 0 Å². The van der Waals surface area contributed by atoms with E-state index in [4.69, 9.17) is 14.6 Å². The SMILES string of the molecule is CCCC(NC(=O)CCC(CC(=O)COCCOCCNC(=O)CCCS(=O)(=O)NC(=O)CCCc1nn[nH]n1)C(=O)O)C(=O)O. The van der Waals surface area contributed by atoms with E-state index in [2.05, 4.69) is 31.3 Å². The van der Waals surface area contributed by atoms with E-state index < -0.39 is 63.2 Å². The third kappa shape index (κ3) is 19.4. The monoisotopic (exact) mass is 677 g/mol. The van der Waals surface area contributed by atoms with Crippen LogP contribution in [0.3, 0.4) is 0 Å². The molecule has 0 fully saturated rings. The van der Waals surface area contributed by atoms with E-state index in [1.165, 1.54) is 0 Å². The van der Waals surface area contributed by atoms with Crippen molar-refractivity contribution in [1.82, 2.24) is 36.0 Å². The Morgan fingerprint density at radius 1 is 0.891 bits per heavy atom. The summed E-state index contributed by atoms with van der Waals surface area (Å²) in [6, 6.07) is -1.06. The number of aliphatic carboxylic acids is 2. The lowest BCUT2D eigenvalue weighted by Crippen LogP contribution is -2.40. The van der Waals surface area contributed by atoms with E-state index in [1.54, 1.807) is 6.92 Å². The smallest absolute Gasteiger partial charge is 0.326 e. The van der Waals surface area contributed by atoms with E-state index in [0.29, 0.717) is 25.1 Å². The molecule has 19 nitrogen and oxygen atoms in total. The number of nitrogens with zero attached hydrogens (tertiary/aromatic N) is 3. The molecule has 2 unspecified atom stereocenters. The highest BCUT2D eigenvalue weighted by Crippen LogP contribution is 2.13. The molecule has 1 aromatic rings. The predicted molar refractivity (Wildman–Crippen MR) is 157 cm³/mol. The molecule has 20 heteroatoms. The second-order valence-electron chi connectivity index (χ2n) is 10.2. The minimum absolute atomic E-state index is 0.000110. The van der Waals surface area contributed by atoms with E-state index in [-0.39, 0.29) is 77.9 Å². The van der Waals surface area contributed by atoms with Gasteiger partial charge in [-0.1, -0.05) is 18.6 Å². The van der Waals surface area contributed by atoms with Gasteiger partial charge in [-0.25, -0.2) is 13.2 Å². The van der Waals surface area contributed by atoms with Crippen LogP contribution in [-0.4, -0.2) is 119 Å². The number of rotatable bonds is 27. The van der Waals surface area contributed by atoms with Gasteiger partial charge < -0.3 is 30.3 Å². The van der Waals surface area contributed by atoms with Crippen molar-refractivity contribution in [3.8, 4) is 0 Å². The highest BCUT2D eigenvalue weighted by atomic mass is 32.2. The molecule has 1 heterocycles. The van der Waals surface area contributed by atoms with Gasteiger partial charge in [-0.05, 0) is 25.7 Å². The summed E-state index contributed by atoms with van der Waals surface area (Å²) < 4.78 is 36.5. The van der Waals surface area contributed by atoms with Gasteiger partial charge in [-0.3, -0.25) is 28.7 Å². The first-order chi connectivity index (χ1) is 21.8. The summed E-state index contributed by atoms with van der Waals surface area (Å²) >= 11 is 0. The van der Waals surface area contributed by atoms with Crippen molar-refractivity contribution in [3.05, 3.63) is 5.82 Å². The Balaban J connectivity index is 2.11. The van der Waals surface area contributed by atoms with Crippen molar-refractivity contribution in [2.45, 2.75) is 77.2 Å². The maximum atomic E-state index is 12.1. The van der Waals surface area contributed by atoms with Crippen LogP contribution < -0.4 is 15.4 Å². The quantitative estimate of drug-likeness (QED) is 0.0591. The Bertz CT molecular complexity index is 1230. The van der Waals surface area contributed by atoms with Gasteiger partial charge in [0, 0.05) is 38.6 Å². The topological polar surface area (TPSA) is 286 Å².